The van der Waals surface area contributed by atoms with Crippen molar-refractivity contribution < 1.29 is 0 Å². The van der Waals surface area contributed by atoms with Crippen LogP contribution in [-0.2, 0) is 0 Å². The fourth-order valence-electron chi connectivity index (χ4n) is 4.45. The number of fused-ring (bicyclic) bond motifs is 8. The second-order valence-corrected chi connectivity index (χ2v) is 6.76. The van der Waals surface area contributed by atoms with Gasteiger partial charge in [0.1, 0.15) is 6.17 Å². The van der Waals surface area contributed by atoms with Crippen LogP contribution in [0.2, 0.25) is 0 Å². The normalized spacial score (nSPS) is 25.6. The second kappa shape index (κ2) is 4.35. The number of anilines is 4. The van der Waals surface area contributed by atoms with Crippen LogP contribution in [0.15, 0.2) is 67.0 Å². The fourth-order valence-corrected chi connectivity index (χ4v) is 4.45. The lowest BCUT2D eigenvalue weighted by Gasteiger charge is -2.36. The van der Waals surface area contributed by atoms with Crippen LogP contribution >= 0.6 is 0 Å². The number of rotatable bonds is 1. The van der Waals surface area contributed by atoms with E-state index in [0.717, 1.165) is 11.6 Å². The van der Waals surface area contributed by atoms with Gasteiger partial charge in [-0.15, -0.1) is 0 Å². The standard InChI is InChI=1S/C20H16N4/c1-2-6-13(7-3-1)23-18-19(22-11-10-21-18)24-17-9-5-4-8-14(17)15-12-16(15)20(23)24/h1-11,15-16,20H,12H2. The maximum absolute atomic E-state index is 4.69. The minimum atomic E-state index is 0.282. The average molecular weight is 312 g/mol. The van der Waals surface area contributed by atoms with Crippen molar-refractivity contribution in [2.24, 2.45) is 5.92 Å². The number of hydrogen-bond acceptors (Lipinski definition) is 4. The van der Waals surface area contributed by atoms with Crippen molar-refractivity contribution in [3.8, 4) is 0 Å². The molecule has 1 aliphatic carbocycles. The number of nitrogens with zero attached hydrogens (tertiary/aromatic N) is 4. The number of hydrogen-bond donors (Lipinski definition) is 0. The zero-order valence-corrected chi connectivity index (χ0v) is 13.1. The maximum atomic E-state index is 4.69. The van der Waals surface area contributed by atoms with Crippen molar-refractivity contribution in [2.45, 2.75) is 18.5 Å². The van der Waals surface area contributed by atoms with Gasteiger partial charge in [-0.1, -0.05) is 36.4 Å². The predicted molar refractivity (Wildman–Crippen MR) is 93.8 cm³/mol. The van der Waals surface area contributed by atoms with E-state index in [9.17, 15) is 0 Å². The highest BCUT2D eigenvalue weighted by molar-refractivity contribution is 5.86. The van der Waals surface area contributed by atoms with Gasteiger partial charge in [0.25, 0.3) is 0 Å². The highest BCUT2D eigenvalue weighted by atomic mass is 15.5. The molecule has 1 fully saturated rings. The molecule has 4 heteroatoms. The first-order chi connectivity index (χ1) is 11.9. The van der Waals surface area contributed by atoms with Gasteiger partial charge >= 0.3 is 0 Å². The summed E-state index contributed by atoms with van der Waals surface area (Å²) in [7, 11) is 0. The molecule has 1 aromatic heterocycles. The second-order valence-electron chi connectivity index (χ2n) is 6.76. The van der Waals surface area contributed by atoms with Gasteiger partial charge in [-0.25, -0.2) is 9.97 Å². The molecule has 24 heavy (non-hydrogen) atoms. The Hall–Kier alpha value is -2.88. The molecule has 0 radical (unpaired) electrons. The summed E-state index contributed by atoms with van der Waals surface area (Å²) in [6.07, 6.45) is 5.12. The van der Waals surface area contributed by atoms with Gasteiger partial charge in [-0.2, -0.15) is 0 Å². The molecule has 0 N–H and O–H groups in total. The third-order valence-corrected chi connectivity index (χ3v) is 5.50. The quantitative estimate of drug-likeness (QED) is 0.674. The van der Waals surface area contributed by atoms with Gasteiger partial charge < -0.3 is 9.80 Å². The molecule has 4 nitrogen and oxygen atoms in total. The summed E-state index contributed by atoms with van der Waals surface area (Å²) in [4.78, 5) is 14.2. The van der Waals surface area contributed by atoms with Crippen LogP contribution in [0.1, 0.15) is 17.9 Å². The van der Waals surface area contributed by atoms with Crippen molar-refractivity contribution >= 4 is 23.0 Å². The molecule has 3 unspecified atom stereocenters. The molecule has 3 atom stereocenters. The SMILES string of the molecule is c1ccc(N2c3nccnc3N3c4ccccc4C4CC4C23)cc1. The number of aromatic nitrogens is 2. The zero-order valence-electron chi connectivity index (χ0n) is 13.1. The Kier molecular flexibility index (Phi) is 2.27. The molecule has 2 aromatic carbocycles. The summed E-state index contributed by atoms with van der Waals surface area (Å²) in [5.74, 6) is 3.25. The van der Waals surface area contributed by atoms with Gasteiger partial charge in [0.15, 0.2) is 11.6 Å². The van der Waals surface area contributed by atoms with Gasteiger partial charge in [-0.3, -0.25) is 0 Å². The third-order valence-electron chi connectivity index (χ3n) is 5.50. The van der Waals surface area contributed by atoms with E-state index in [4.69, 9.17) is 4.98 Å². The summed E-state index contributed by atoms with van der Waals surface area (Å²) < 4.78 is 0. The summed E-state index contributed by atoms with van der Waals surface area (Å²) >= 11 is 0. The molecule has 3 heterocycles. The Morgan fingerprint density at radius 2 is 1.50 bits per heavy atom. The van der Waals surface area contributed by atoms with Crippen LogP contribution in [0.25, 0.3) is 0 Å². The Morgan fingerprint density at radius 1 is 0.792 bits per heavy atom. The van der Waals surface area contributed by atoms with Crippen LogP contribution < -0.4 is 9.80 Å². The van der Waals surface area contributed by atoms with E-state index < -0.39 is 0 Å². The summed E-state index contributed by atoms with van der Waals surface area (Å²) in [5, 5.41) is 0. The molecule has 3 aromatic rings. The summed E-state index contributed by atoms with van der Waals surface area (Å²) in [5.41, 5.74) is 3.95. The summed E-state index contributed by atoms with van der Waals surface area (Å²) in [6, 6.07) is 19.4. The van der Waals surface area contributed by atoms with E-state index in [2.05, 4.69) is 69.4 Å². The number of benzene rings is 2. The molecular formula is C20H16N4. The lowest BCUT2D eigenvalue weighted by molar-refractivity contribution is 0.575. The molecule has 0 amide bonds. The van der Waals surface area contributed by atoms with Crippen LogP contribution in [0, 0.1) is 5.92 Å². The lowest BCUT2D eigenvalue weighted by atomic mass is 9.99. The molecule has 0 spiro atoms. The first-order valence-electron chi connectivity index (χ1n) is 8.47. The van der Waals surface area contributed by atoms with E-state index in [1.165, 1.54) is 23.4 Å². The third kappa shape index (κ3) is 1.48. The highest BCUT2D eigenvalue weighted by Gasteiger charge is 2.58. The van der Waals surface area contributed by atoms with E-state index in [1.54, 1.807) is 12.4 Å². The average Bonchev–Trinajstić information content (AvgIpc) is 3.38. The first kappa shape index (κ1) is 12.5. The zero-order chi connectivity index (χ0) is 15.7. The Balaban J connectivity index is 1.62. The van der Waals surface area contributed by atoms with Crippen molar-refractivity contribution in [2.75, 3.05) is 9.80 Å². The number of para-hydroxylation sites is 2. The molecule has 0 saturated heterocycles. The fraction of sp³-hybridized carbons (Fsp3) is 0.200. The maximum Gasteiger partial charge on any atom is 0.178 e. The van der Waals surface area contributed by atoms with Gasteiger partial charge in [0.2, 0.25) is 0 Å². The van der Waals surface area contributed by atoms with Crippen molar-refractivity contribution in [1.29, 1.82) is 0 Å². The minimum Gasteiger partial charge on any atom is -0.302 e. The van der Waals surface area contributed by atoms with E-state index in [1.807, 2.05) is 0 Å². The molecule has 0 bridgehead atoms. The largest absolute Gasteiger partial charge is 0.302 e. The molecular weight excluding hydrogens is 296 g/mol. The topological polar surface area (TPSA) is 32.3 Å². The van der Waals surface area contributed by atoms with E-state index in [-0.39, 0.29) is 6.17 Å². The molecule has 2 aliphatic heterocycles. The van der Waals surface area contributed by atoms with E-state index in [0.29, 0.717) is 11.8 Å². The lowest BCUT2D eigenvalue weighted by Crippen LogP contribution is -2.42. The van der Waals surface area contributed by atoms with Gasteiger partial charge in [-0.05, 0) is 36.1 Å². The smallest absolute Gasteiger partial charge is 0.178 e. The first-order valence-corrected chi connectivity index (χ1v) is 8.47. The summed E-state index contributed by atoms with van der Waals surface area (Å²) in [6.45, 7) is 0. The highest BCUT2D eigenvalue weighted by Crippen LogP contribution is 2.63. The van der Waals surface area contributed by atoms with E-state index >= 15 is 0 Å². The molecule has 116 valence electrons. The van der Waals surface area contributed by atoms with Crippen LogP contribution in [0.3, 0.4) is 0 Å². The molecule has 3 aliphatic rings. The van der Waals surface area contributed by atoms with Crippen molar-refractivity contribution in [3.05, 3.63) is 72.6 Å². The Morgan fingerprint density at radius 3 is 2.33 bits per heavy atom. The van der Waals surface area contributed by atoms with Crippen molar-refractivity contribution in [3.63, 3.8) is 0 Å². The Labute approximate surface area is 140 Å². The van der Waals surface area contributed by atoms with Crippen molar-refractivity contribution in [1.82, 2.24) is 9.97 Å². The van der Waals surface area contributed by atoms with Crippen LogP contribution in [-0.4, -0.2) is 16.1 Å². The van der Waals surface area contributed by atoms with Crippen LogP contribution in [0.5, 0.6) is 0 Å². The molecule has 1 saturated carbocycles. The Bertz CT molecular complexity index is 939. The van der Waals surface area contributed by atoms with Gasteiger partial charge in [0.05, 0.1) is 0 Å². The van der Waals surface area contributed by atoms with Crippen LogP contribution in [0.4, 0.5) is 23.0 Å². The van der Waals surface area contributed by atoms with Gasteiger partial charge in [0, 0.05) is 29.7 Å². The minimum absolute atomic E-state index is 0.282. The monoisotopic (exact) mass is 312 g/mol. The predicted octanol–water partition coefficient (Wildman–Crippen LogP) is 4.21. The molecule has 6 rings (SSSR count).